The number of benzene rings is 7. The molecular weight excluding hydrogens is 840 g/mol. The summed E-state index contributed by atoms with van der Waals surface area (Å²) in [5, 5.41) is 28.7. The highest BCUT2D eigenvalue weighted by molar-refractivity contribution is 8.00. The average molecular weight is 891 g/mol. The molecule has 12 heteroatoms. The lowest BCUT2D eigenvalue weighted by atomic mass is 9.79. The number of fused-ring (bicyclic) bond motifs is 4. The molecule has 7 aromatic carbocycles. The largest absolute Gasteiger partial charge is 0.488 e. The summed E-state index contributed by atoms with van der Waals surface area (Å²) in [5.41, 5.74) is 12.7. The molecule has 5 N–H and O–H groups in total. The molecule has 0 saturated heterocycles. The van der Waals surface area contributed by atoms with E-state index in [1.54, 1.807) is 55.1 Å². The zero-order valence-corrected chi connectivity index (χ0v) is 38.4. The lowest BCUT2D eigenvalue weighted by Gasteiger charge is -2.23. The first-order chi connectivity index (χ1) is 30.4. The highest BCUT2D eigenvalue weighted by atomic mass is 32.2. The van der Waals surface area contributed by atoms with Gasteiger partial charge in [0.15, 0.2) is 0 Å². The molecule has 0 fully saturated rings. The van der Waals surface area contributed by atoms with Crippen LogP contribution in [0.2, 0.25) is 0 Å². The van der Waals surface area contributed by atoms with Crippen molar-refractivity contribution in [3.05, 3.63) is 191 Å². The van der Waals surface area contributed by atoms with Gasteiger partial charge >= 0.3 is 7.12 Å². The van der Waals surface area contributed by atoms with E-state index in [1.807, 2.05) is 74.1 Å². The van der Waals surface area contributed by atoms with E-state index in [-0.39, 0.29) is 4.90 Å². The van der Waals surface area contributed by atoms with Gasteiger partial charge in [0.2, 0.25) is 0 Å². The lowest BCUT2D eigenvalue weighted by Crippen LogP contribution is -2.29. The van der Waals surface area contributed by atoms with Crippen molar-refractivity contribution in [1.29, 1.82) is 0 Å². The third-order valence-electron chi connectivity index (χ3n) is 10.8. The number of sulfonamides is 1. The van der Waals surface area contributed by atoms with Gasteiger partial charge in [-0.1, -0.05) is 147 Å². The molecule has 9 rings (SSSR count). The normalized spacial score (nSPS) is 12.8. The van der Waals surface area contributed by atoms with Gasteiger partial charge in [-0.25, -0.2) is 0 Å². The molecule has 0 radical (unpaired) electrons. The van der Waals surface area contributed by atoms with E-state index in [0.29, 0.717) is 17.1 Å². The summed E-state index contributed by atoms with van der Waals surface area (Å²) in [7, 11) is -5.04. The summed E-state index contributed by atoms with van der Waals surface area (Å²) < 4.78 is 24.8. The first-order valence-electron chi connectivity index (χ1n) is 20.9. The molecule has 8 nitrogen and oxygen atoms in total. The minimum absolute atomic E-state index is 0.190. The van der Waals surface area contributed by atoms with Crippen molar-refractivity contribution in [2.24, 2.45) is 5.10 Å². The molecular formula is C51H51BN4O4S3. The number of rotatable bonds is 9. The summed E-state index contributed by atoms with van der Waals surface area (Å²) in [4.78, 5) is 7.40. The Morgan fingerprint density at radius 2 is 1.17 bits per heavy atom. The highest BCUT2D eigenvalue weighted by Gasteiger charge is 2.19. The molecule has 0 aliphatic carbocycles. The Hall–Kier alpha value is -5.76. The van der Waals surface area contributed by atoms with Crippen molar-refractivity contribution in [2.45, 2.75) is 77.9 Å². The zero-order valence-electron chi connectivity index (χ0n) is 36.0. The van der Waals surface area contributed by atoms with Crippen LogP contribution in [0.1, 0.15) is 67.0 Å². The minimum atomic E-state index is -3.69. The van der Waals surface area contributed by atoms with Crippen LogP contribution >= 0.6 is 23.5 Å². The number of hydrazone groups is 1. The number of aryl methyl sites for hydroxylation is 3. The number of para-hydroxylation sites is 2. The molecule has 2 heterocycles. The molecule has 63 heavy (non-hydrogen) atoms. The van der Waals surface area contributed by atoms with E-state index in [0.717, 1.165) is 45.8 Å². The maximum atomic E-state index is 12.4. The monoisotopic (exact) mass is 890 g/mol. The van der Waals surface area contributed by atoms with Crippen LogP contribution in [0.25, 0.3) is 0 Å². The second-order valence-electron chi connectivity index (χ2n) is 15.3. The molecule has 0 amide bonds. The molecule has 1 unspecified atom stereocenters. The van der Waals surface area contributed by atoms with E-state index < -0.39 is 17.1 Å². The van der Waals surface area contributed by atoms with E-state index in [9.17, 15) is 8.42 Å². The van der Waals surface area contributed by atoms with Crippen LogP contribution in [-0.2, 0) is 22.9 Å². The topological polar surface area (TPSA) is 123 Å². The number of hydrogen-bond acceptors (Lipinski definition) is 9. The van der Waals surface area contributed by atoms with E-state index in [1.165, 1.54) is 42.8 Å². The molecule has 0 spiro atoms. The van der Waals surface area contributed by atoms with Crippen molar-refractivity contribution in [3.63, 3.8) is 0 Å². The summed E-state index contributed by atoms with van der Waals surface area (Å²) in [6.45, 7) is 10.2. The van der Waals surface area contributed by atoms with Crippen molar-refractivity contribution >= 4 is 74.6 Å². The molecule has 7 aromatic rings. The van der Waals surface area contributed by atoms with Crippen molar-refractivity contribution in [1.82, 2.24) is 4.83 Å². The molecule has 0 bridgehead atoms. The summed E-state index contributed by atoms with van der Waals surface area (Å²) >= 11 is 3.55. The Morgan fingerprint density at radius 1 is 0.635 bits per heavy atom. The Bertz CT molecular complexity index is 2850. The first kappa shape index (κ1) is 45.3. The maximum absolute atomic E-state index is 12.4. The summed E-state index contributed by atoms with van der Waals surface area (Å²) in [5.74, 6) is 0.394. The van der Waals surface area contributed by atoms with Crippen LogP contribution < -0.4 is 20.9 Å². The van der Waals surface area contributed by atoms with Gasteiger partial charge in [0.05, 0.1) is 33.4 Å². The van der Waals surface area contributed by atoms with Crippen LogP contribution in [0.4, 0.5) is 22.7 Å². The van der Waals surface area contributed by atoms with Gasteiger partial charge in [0, 0.05) is 25.5 Å². The van der Waals surface area contributed by atoms with Crippen molar-refractivity contribution in [3.8, 4) is 0 Å². The number of anilines is 4. The molecule has 320 valence electrons. The second-order valence-corrected chi connectivity index (χ2v) is 19.1. The van der Waals surface area contributed by atoms with E-state index in [2.05, 4.69) is 107 Å². The third-order valence-corrected chi connectivity index (χ3v) is 14.4. The van der Waals surface area contributed by atoms with Crippen LogP contribution in [-0.4, -0.2) is 31.3 Å². The first-order valence-corrected chi connectivity index (χ1v) is 24.0. The average Bonchev–Trinajstić information content (AvgIpc) is 3.31. The summed E-state index contributed by atoms with van der Waals surface area (Å²) in [6.07, 6.45) is 2.00. The van der Waals surface area contributed by atoms with Crippen molar-refractivity contribution < 1.29 is 18.5 Å². The third kappa shape index (κ3) is 11.4. The van der Waals surface area contributed by atoms with Gasteiger partial charge in [-0.2, -0.15) is 18.4 Å². The smallest absolute Gasteiger partial charge is 0.423 e. The zero-order chi connectivity index (χ0) is 44.5. The molecule has 2 aliphatic heterocycles. The molecule has 0 aromatic heterocycles. The fraction of sp³-hybridized carbons (Fsp3) is 0.157. The predicted octanol–water partition coefficient (Wildman–Crippen LogP) is 11.4. The van der Waals surface area contributed by atoms with Gasteiger partial charge in [-0.05, 0) is 121 Å². The van der Waals surface area contributed by atoms with Crippen molar-refractivity contribution in [2.75, 3.05) is 10.6 Å². The lowest BCUT2D eigenvalue weighted by molar-refractivity contribution is 0.425. The number of nitrogens with zero attached hydrogens (tertiary/aromatic N) is 1. The molecule has 2 aliphatic rings. The maximum Gasteiger partial charge on any atom is 0.488 e. The van der Waals surface area contributed by atoms with Crippen LogP contribution in [0.5, 0.6) is 0 Å². The summed E-state index contributed by atoms with van der Waals surface area (Å²) in [6, 6.07) is 52.3. The molecule has 1 atom stereocenters. The van der Waals surface area contributed by atoms with Crippen LogP contribution in [0.3, 0.4) is 0 Å². The highest BCUT2D eigenvalue weighted by Crippen LogP contribution is 2.46. The standard InChI is InChI=1S/C22H21NS.C21H19N3O2S2.C8H11BO2/c1-3-16-7-6-8-17(13-16)15(2)18-11-12-22-20(14-18)23-19-9-4-5-10-21(19)24-22;1-14-7-10-17(11-8-14)28(25,26)24-23-15(2)16-9-12-21-19(13-16)22-18-5-3-4-6-20(18)27-21;1-2-7-4-3-5-8(6-7)9(10)11/h4-15,23H,3H2,1-2H3;3-13,22,24H,1-2H3;3-6,10-11H,2H2,1H3/b;23-15+;. The molecule has 0 saturated carbocycles. The fourth-order valence-electron chi connectivity index (χ4n) is 7.00. The van der Waals surface area contributed by atoms with Crippen LogP contribution in [0.15, 0.2) is 187 Å². The Labute approximate surface area is 380 Å². The predicted molar refractivity (Wildman–Crippen MR) is 263 cm³/mol. The second kappa shape index (κ2) is 20.6. The van der Waals surface area contributed by atoms with Gasteiger partial charge in [0.1, 0.15) is 0 Å². The van der Waals surface area contributed by atoms with Gasteiger partial charge in [0.25, 0.3) is 10.0 Å². The Balaban J connectivity index is 0.000000154. The van der Waals surface area contributed by atoms with Gasteiger partial charge in [-0.3, -0.25) is 0 Å². The quantitative estimate of drug-likeness (QED) is 0.0552. The van der Waals surface area contributed by atoms with Gasteiger partial charge < -0.3 is 20.7 Å². The SMILES string of the molecule is C/C(=N\NS(=O)(=O)c1ccc(C)cc1)c1ccc2c(c1)Nc1ccccc1S2.CCc1cccc(B(O)O)c1.CCc1cccc(C(C)c2ccc3c(c2)Nc2ccccc2S3)c1. The number of hydrogen-bond donors (Lipinski definition) is 5. The Morgan fingerprint density at radius 3 is 1.79 bits per heavy atom. The number of nitrogens with one attached hydrogen (secondary N) is 3. The van der Waals surface area contributed by atoms with Crippen LogP contribution in [0, 0.1) is 6.92 Å². The fourth-order valence-corrected chi connectivity index (χ4v) is 9.80. The van der Waals surface area contributed by atoms with Gasteiger partial charge in [-0.15, -0.1) is 0 Å². The van der Waals surface area contributed by atoms with E-state index >= 15 is 0 Å². The van der Waals surface area contributed by atoms with E-state index in [4.69, 9.17) is 10.0 Å². The Kier molecular flexibility index (Phi) is 14.8. The minimum Gasteiger partial charge on any atom is -0.423 e.